The Balaban J connectivity index is 2.37. The maximum atomic E-state index is 12.9. The van der Waals surface area contributed by atoms with Crippen LogP contribution in [0.25, 0.3) is 11.4 Å². The third kappa shape index (κ3) is 2.32. The highest BCUT2D eigenvalue weighted by molar-refractivity contribution is 5.59. The van der Waals surface area contributed by atoms with Crippen molar-refractivity contribution in [3.05, 3.63) is 35.5 Å². The zero-order chi connectivity index (χ0) is 12.4. The first-order chi connectivity index (χ1) is 8.11. The lowest BCUT2D eigenvalue weighted by molar-refractivity contribution is 0.141. The van der Waals surface area contributed by atoms with Crippen LogP contribution in [0.5, 0.6) is 0 Å². The molecule has 0 radical (unpaired) electrons. The van der Waals surface area contributed by atoms with E-state index in [9.17, 15) is 9.50 Å². The van der Waals surface area contributed by atoms with Gasteiger partial charge in [0.15, 0.2) is 0 Å². The summed E-state index contributed by atoms with van der Waals surface area (Å²) in [6, 6.07) is 4.26. The number of aliphatic hydroxyl groups is 1. The van der Waals surface area contributed by atoms with Crippen molar-refractivity contribution in [1.82, 2.24) is 10.1 Å². The minimum Gasteiger partial charge on any atom is -0.382 e. The molecular weight excluding hydrogens is 225 g/mol. The molecule has 0 aliphatic carbocycles. The van der Waals surface area contributed by atoms with E-state index in [0.29, 0.717) is 17.0 Å². The van der Waals surface area contributed by atoms with Gasteiger partial charge in [-0.05, 0) is 30.7 Å². The Kier molecular flexibility index (Phi) is 3.16. The largest absolute Gasteiger partial charge is 0.382 e. The van der Waals surface area contributed by atoms with Crippen molar-refractivity contribution < 1.29 is 14.0 Å². The van der Waals surface area contributed by atoms with E-state index in [-0.39, 0.29) is 18.3 Å². The highest BCUT2D eigenvalue weighted by Gasteiger charge is 2.16. The Hall–Kier alpha value is -1.79. The number of nitrogens with zero attached hydrogens (tertiary/aromatic N) is 2. The summed E-state index contributed by atoms with van der Waals surface area (Å²) in [5, 5.41) is 13.1. The molecule has 5 nitrogen and oxygen atoms in total. The Bertz CT molecular complexity index is 527. The van der Waals surface area contributed by atoms with E-state index in [1.54, 1.807) is 13.0 Å². The van der Waals surface area contributed by atoms with Gasteiger partial charge in [0.1, 0.15) is 11.9 Å². The Morgan fingerprint density at radius 3 is 2.94 bits per heavy atom. The molecule has 1 heterocycles. The summed E-state index contributed by atoms with van der Waals surface area (Å²) in [6.07, 6.45) is -0.975. The van der Waals surface area contributed by atoms with Crippen LogP contribution in [-0.4, -0.2) is 21.8 Å². The van der Waals surface area contributed by atoms with E-state index < -0.39 is 6.10 Å². The van der Waals surface area contributed by atoms with E-state index in [1.807, 2.05) is 0 Å². The monoisotopic (exact) mass is 237 g/mol. The first kappa shape index (κ1) is 11.7. The van der Waals surface area contributed by atoms with Gasteiger partial charge in [-0.1, -0.05) is 5.16 Å². The van der Waals surface area contributed by atoms with Gasteiger partial charge < -0.3 is 15.4 Å². The lowest BCUT2D eigenvalue weighted by Crippen LogP contribution is -2.11. The van der Waals surface area contributed by atoms with Gasteiger partial charge in [0.25, 0.3) is 5.89 Å². The molecule has 2 aromatic rings. The van der Waals surface area contributed by atoms with Crippen LogP contribution in [0, 0.1) is 12.7 Å². The molecule has 1 aromatic carbocycles. The first-order valence-corrected chi connectivity index (χ1v) is 5.10. The number of aryl methyl sites for hydroxylation is 1. The van der Waals surface area contributed by atoms with Gasteiger partial charge in [0, 0.05) is 12.1 Å². The van der Waals surface area contributed by atoms with E-state index >= 15 is 0 Å². The van der Waals surface area contributed by atoms with Gasteiger partial charge in [-0.15, -0.1) is 0 Å². The summed E-state index contributed by atoms with van der Waals surface area (Å²) in [4.78, 5) is 4.01. The van der Waals surface area contributed by atoms with Crippen LogP contribution in [0.4, 0.5) is 4.39 Å². The molecule has 90 valence electrons. The molecule has 0 spiro atoms. The van der Waals surface area contributed by atoms with Crippen molar-refractivity contribution in [1.29, 1.82) is 0 Å². The number of hydrogen-bond acceptors (Lipinski definition) is 5. The minimum atomic E-state index is -0.975. The van der Waals surface area contributed by atoms with Gasteiger partial charge >= 0.3 is 0 Å². The quantitative estimate of drug-likeness (QED) is 0.837. The van der Waals surface area contributed by atoms with E-state index in [2.05, 4.69) is 10.1 Å². The predicted molar refractivity (Wildman–Crippen MR) is 58.4 cm³/mol. The minimum absolute atomic E-state index is 0.00400. The van der Waals surface area contributed by atoms with Crippen molar-refractivity contribution >= 4 is 0 Å². The Labute approximate surface area is 97.1 Å². The first-order valence-electron chi connectivity index (χ1n) is 5.10. The van der Waals surface area contributed by atoms with Crippen LogP contribution in [0.3, 0.4) is 0 Å². The molecule has 0 fully saturated rings. The molecule has 17 heavy (non-hydrogen) atoms. The summed E-state index contributed by atoms with van der Waals surface area (Å²) in [7, 11) is 0. The third-order valence-corrected chi connectivity index (χ3v) is 2.38. The van der Waals surface area contributed by atoms with Crippen LogP contribution in [0.1, 0.15) is 17.6 Å². The highest BCUT2D eigenvalue weighted by Crippen LogP contribution is 2.22. The fourth-order valence-electron chi connectivity index (χ4n) is 1.46. The van der Waals surface area contributed by atoms with Crippen LogP contribution in [0.15, 0.2) is 22.7 Å². The molecule has 0 saturated heterocycles. The lowest BCUT2D eigenvalue weighted by Gasteiger charge is -2.00. The van der Waals surface area contributed by atoms with Gasteiger partial charge in [0.05, 0.1) is 0 Å². The number of benzene rings is 1. The number of rotatable bonds is 3. The summed E-state index contributed by atoms with van der Waals surface area (Å²) >= 11 is 0. The summed E-state index contributed by atoms with van der Waals surface area (Å²) < 4.78 is 17.8. The summed E-state index contributed by atoms with van der Waals surface area (Å²) in [6.45, 7) is 1.75. The second kappa shape index (κ2) is 4.60. The van der Waals surface area contributed by atoms with Gasteiger partial charge in [0.2, 0.25) is 5.82 Å². The topological polar surface area (TPSA) is 85.2 Å². The fraction of sp³-hybridized carbons (Fsp3) is 0.273. The Morgan fingerprint density at radius 1 is 1.53 bits per heavy atom. The van der Waals surface area contributed by atoms with Gasteiger partial charge in [-0.2, -0.15) is 4.98 Å². The van der Waals surface area contributed by atoms with E-state index in [4.69, 9.17) is 10.3 Å². The normalized spacial score (nSPS) is 12.7. The highest BCUT2D eigenvalue weighted by atomic mass is 19.1. The SMILES string of the molecule is Cc1cc(F)ccc1-c1noc(C(O)CN)n1. The molecule has 0 aliphatic heterocycles. The molecule has 1 unspecified atom stereocenters. The molecule has 0 aliphatic rings. The molecule has 1 atom stereocenters. The Morgan fingerprint density at radius 2 is 2.29 bits per heavy atom. The fourth-order valence-corrected chi connectivity index (χ4v) is 1.46. The van der Waals surface area contributed by atoms with Crippen LogP contribution >= 0.6 is 0 Å². The molecule has 0 amide bonds. The standard InChI is InChI=1S/C11H12FN3O2/c1-6-4-7(12)2-3-8(6)10-14-11(17-15-10)9(16)5-13/h2-4,9,16H,5,13H2,1H3. The summed E-state index contributed by atoms with van der Waals surface area (Å²) in [5.74, 6) is 0.0492. The number of hydrogen-bond donors (Lipinski definition) is 2. The summed E-state index contributed by atoms with van der Waals surface area (Å²) in [5.41, 5.74) is 6.63. The van der Waals surface area contributed by atoms with Crippen molar-refractivity contribution in [3.8, 4) is 11.4 Å². The maximum Gasteiger partial charge on any atom is 0.257 e. The second-order valence-corrected chi connectivity index (χ2v) is 3.67. The van der Waals surface area contributed by atoms with Crippen molar-refractivity contribution in [2.24, 2.45) is 5.73 Å². The number of aliphatic hydroxyl groups excluding tert-OH is 1. The molecule has 0 saturated carbocycles. The van der Waals surface area contributed by atoms with Crippen LogP contribution < -0.4 is 5.73 Å². The second-order valence-electron chi connectivity index (χ2n) is 3.67. The van der Waals surface area contributed by atoms with Crippen molar-refractivity contribution in [3.63, 3.8) is 0 Å². The molecule has 0 bridgehead atoms. The average molecular weight is 237 g/mol. The smallest absolute Gasteiger partial charge is 0.257 e. The molecule has 1 aromatic heterocycles. The lowest BCUT2D eigenvalue weighted by atomic mass is 10.1. The molecule has 6 heteroatoms. The molecular formula is C11H12FN3O2. The molecule has 2 rings (SSSR count). The number of nitrogens with two attached hydrogens (primary N) is 1. The zero-order valence-corrected chi connectivity index (χ0v) is 9.22. The van der Waals surface area contributed by atoms with E-state index in [0.717, 1.165) is 0 Å². The van der Waals surface area contributed by atoms with Crippen LogP contribution in [-0.2, 0) is 0 Å². The van der Waals surface area contributed by atoms with Crippen LogP contribution in [0.2, 0.25) is 0 Å². The predicted octanol–water partition coefficient (Wildman–Crippen LogP) is 1.18. The maximum absolute atomic E-state index is 12.9. The van der Waals surface area contributed by atoms with Crippen molar-refractivity contribution in [2.45, 2.75) is 13.0 Å². The number of aromatic nitrogens is 2. The van der Waals surface area contributed by atoms with E-state index in [1.165, 1.54) is 12.1 Å². The zero-order valence-electron chi connectivity index (χ0n) is 9.22. The molecule has 3 N–H and O–H groups in total. The third-order valence-electron chi connectivity index (χ3n) is 2.38. The average Bonchev–Trinajstić information content (AvgIpc) is 2.77. The van der Waals surface area contributed by atoms with Gasteiger partial charge in [-0.3, -0.25) is 0 Å². The van der Waals surface area contributed by atoms with Gasteiger partial charge in [-0.25, -0.2) is 4.39 Å². The van der Waals surface area contributed by atoms with Crippen molar-refractivity contribution in [2.75, 3.05) is 6.54 Å². The number of halogens is 1.